The number of fused-ring (bicyclic) bond motifs is 5. The number of anilines is 1. The lowest BCUT2D eigenvalue weighted by molar-refractivity contribution is 0.569. The standard InChI is InChI=1S/C18H19ClN4S/c19-16-15-14(20-10-21-16)13-11-6-2-3-7-12(11)17(22-18(13)24-15)23-8-4-1-5-9-23/h10H,1-9H2. The highest BCUT2D eigenvalue weighted by Gasteiger charge is 2.25. The van der Waals surface area contributed by atoms with Gasteiger partial charge in [0.15, 0.2) is 0 Å². The number of thiophene rings is 1. The second-order valence-electron chi connectivity index (χ2n) is 6.77. The Morgan fingerprint density at radius 3 is 2.58 bits per heavy atom. The molecule has 4 nitrogen and oxygen atoms in total. The lowest BCUT2D eigenvalue weighted by atomic mass is 9.89. The third-order valence-corrected chi connectivity index (χ3v) is 6.79. The van der Waals surface area contributed by atoms with Gasteiger partial charge in [0.2, 0.25) is 0 Å². The molecule has 0 amide bonds. The second-order valence-corrected chi connectivity index (χ2v) is 8.13. The Morgan fingerprint density at radius 2 is 1.75 bits per heavy atom. The first-order valence-electron chi connectivity index (χ1n) is 8.82. The van der Waals surface area contributed by atoms with E-state index in [4.69, 9.17) is 16.6 Å². The van der Waals surface area contributed by atoms with Crippen LogP contribution in [0.2, 0.25) is 5.15 Å². The van der Waals surface area contributed by atoms with E-state index in [1.165, 1.54) is 54.4 Å². The monoisotopic (exact) mass is 358 g/mol. The number of nitrogens with zero attached hydrogens (tertiary/aromatic N) is 4. The van der Waals surface area contributed by atoms with Crippen molar-refractivity contribution in [3.63, 3.8) is 0 Å². The van der Waals surface area contributed by atoms with Gasteiger partial charge < -0.3 is 4.90 Å². The van der Waals surface area contributed by atoms with E-state index in [0.29, 0.717) is 5.15 Å². The first-order valence-corrected chi connectivity index (χ1v) is 10.0. The summed E-state index contributed by atoms with van der Waals surface area (Å²) < 4.78 is 0.977. The molecule has 0 N–H and O–H groups in total. The van der Waals surface area contributed by atoms with Gasteiger partial charge in [-0.1, -0.05) is 11.6 Å². The van der Waals surface area contributed by atoms with E-state index in [1.54, 1.807) is 17.7 Å². The highest BCUT2D eigenvalue weighted by molar-refractivity contribution is 7.26. The van der Waals surface area contributed by atoms with Gasteiger partial charge >= 0.3 is 0 Å². The Bertz CT molecular complexity index is 930. The third kappa shape index (κ3) is 2.21. The van der Waals surface area contributed by atoms with Crippen LogP contribution < -0.4 is 4.90 Å². The molecule has 0 unspecified atom stereocenters. The van der Waals surface area contributed by atoms with Gasteiger partial charge in [-0.3, -0.25) is 0 Å². The summed E-state index contributed by atoms with van der Waals surface area (Å²) in [5.41, 5.74) is 3.92. The van der Waals surface area contributed by atoms with Crippen LogP contribution in [-0.2, 0) is 12.8 Å². The normalized spacial score (nSPS) is 18.3. The fourth-order valence-electron chi connectivity index (χ4n) is 4.18. The molecule has 1 fully saturated rings. The molecule has 0 atom stereocenters. The number of rotatable bonds is 1. The van der Waals surface area contributed by atoms with Crippen molar-refractivity contribution in [1.29, 1.82) is 0 Å². The Kier molecular flexibility index (Phi) is 3.60. The van der Waals surface area contributed by atoms with Gasteiger partial charge in [-0.25, -0.2) is 15.0 Å². The lowest BCUT2D eigenvalue weighted by Gasteiger charge is -2.31. The Morgan fingerprint density at radius 1 is 0.958 bits per heavy atom. The number of piperidine rings is 1. The van der Waals surface area contributed by atoms with Crippen LogP contribution in [0, 0.1) is 0 Å². The molecule has 4 heterocycles. The molecule has 1 saturated heterocycles. The van der Waals surface area contributed by atoms with E-state index in [-0.39, 0.29) is 0 Å². The summed E-state index contributed by atoms with van der Waals surface area (Å²) in [6.45, 7) is 2.27. The van der Waals surface area contributed by atoms with Gasteiger partial charge in [-0.05, 0) is 56.1 Å². The predicted octanol–water partition coefficient (Wildman–Crippen LogP) is 4.76. The molecule has 3 aromatic rings. The average Bonchev–Trinajstić information content (AvgIpc) is 3.02. The van der Waals surface area contributed by atoms with E-state index in [1.807, 2.05) is 0 Å². The van der Waals surface area contributed by atoms with Crippen LogP contribution in [0.4, 0.5) is 5.82 Å². The first kappa shape index (κ1) is 14.8. The van der Waals surface area contributed by atoms with Crippen molar-refractivity contribution in [2.45, 2.75) is 44.9 Å². The summed E-state index contributed by atoms with van der Waals surface area (Å²) in [4.78, 5) is 17.4. The zero-order valence-electron chi connectivity index (χ0n) is 13.5. The predicted molar refractivity (Wildman–Crippen MR) is 100 cm³/mol. The summed E-state index contributed by atoms with van der Waals surface area (Å²) in [6.07, 6.45) is 10.2. The quantitative estimate of drug-likeness (QED) is 0.588. The van der Waals surface area contributed by atoms with Crippen molar-refractivity contribution in [1.82, 2.24) is 15.0 Å². The molecule has 5 rings (SSSR count). The largest absolute Gasteiger partial charge is 0.356 e. The minimum absolute atomic E-state index is 0.548. The van der Waals surface area contributed by atoms with Gasteiger partial charge in [0, 0.05) is 18.5 Å². The zero-order chi connectivity index (χ0) is 16.1. The van der Waals surface area contributed by atoms with Gasteiger partial charge in [0.05, 0.1) is 10.2 Å². The van der Waals surface area contributed by atoms with Crippen molar-refractivity contribution in [3.8, 4) is 0 Å². The summed E-state index contributed by atoms with van der Waals surface area (Å²) in [6, 6.07) is 0. The summed E-state index contributed by atoms with van der Waals surface area (Å²) >= 11 is 7.97. The minimum atomic E-state index is 0.548. The number of aryl methyl sites for hydroxylation is 1. The third-order valence-electron chi connectivity index (χ3n) is 5.31. The summed E-state index contributed by atoms with van der Waals surface area (Å²) in [5.74, 6) is 1.23. The molecular weight excluding hydrogens is 340 g/mol. The van der Waals surface area contributed by atoms with Gasteiger partial charge in [-0.2, -0.15) is 0 Å². The average molecular weight is 359 g/mol. The van der Waals surface area contributed by atoms with E-state index >= 15 is 0 Å². The van der Waals surface area contributed by atoms with E-state index in [2.05, 4.69) is 14.9 Å². The van der Waals surface area contributed by atoms with Gasteiger partial charge in [0.25, 0.3) is 0 Å². The van der Waals surface area contributed by atoms with Crippen LogP contribution >= 0.6 is 22.9 Å². The molecule has 1 aliphatic carbocycles. The first-order chi connectivity index (χ1) is 11.8. The fraction of sp³-hybridized carbons (Fsp3) is 0.500. The second kappa shape index (κ2) is 5.81. The summed E-state index contributed by atoms with van der Waals surface area (Å²) in [5, 5.41) is 1.78. The molecular formula is C18H19ClN4S. The molecule has 2 aliphatic rings. The number of hydrogen-bond donors (Lipinski definition) is 0. The Balaban J connectivity index is 1.82. The summed E-state index contributed by atoms with van der Waals surface area (Å²) in [7, 11) is 0. The number of aromatic nitrogens is 3. The molecule has 124 valence electrons. The van der Waals surface area contributed by atoms with Crippen LogP contribution in [0.25, 0.3) is 20.4 Å². The maximum Gasteiger partial charge on any atom is 0.150 e. The van der Waals surface area contributed by atoms with Crippen molar-refractivity contribution in [2.24, 2.45) is 0 Å². The Hall–Kier alpha value is -1.46. The highest BCUT2D eigenvalue weighted by atomic mass is 35.5. The van der Waals surface area contributed by atoms with E-state index in [9.17, 15) is 0 Å². The molecule has 0 aromatic carbocycles. The number of pyridine rings is 1. The van der Waals surface area contributed by atoms with Crippen molar-refractivity contribution in [2.75, 3.05) is 18.0 Å². The maximum atomic E-state index is 6.32. The molecule has 3 aromatic heterocycles. The van der Waals surface area contributed by atoms with Crippen LogP contribution in [0.15, 0.2) is 6.33 Å². The SMILES string of the molecule is Clc1ncnc2c1sc1nc(N3CCCCC3)c3c(c12)CCCC3. The Labute approximate surface area is 149 Å². The highest BCUT2D eigenvalue weighted by Crippen LogP contribution is 2.42. The molecule has 0 spiro atoms. The zero-order valence-corrected chi connectivity index (χ0v) is 15.1. The van der Waals surface area contributed by atoms with Crippen LogP contribution in [0.5, 0.6) is 0 Å². The fourth-order valence-corrected chi connectivity index (χ4v) is 5.46. The maximum absolute atomic E-state index is 6.32. The molecule has 0 saturated carbocycles. The van der Waals surface area contributed by atoms with E-state index in [0.717, 1.165) is 41.0 Å². The van der Waals surface area contributed by atoms with Gasteiger partial charge in [-0.15, -0.1) is 11.3 Å². The molecule has 24 heavy (non-hydrogen) atoms. The minimum Gasteiger partial charge on any atom is -0.356 e. The molecule has 1 aliphatic heterocycles. The number of hydrogen-bond acceptors (Lipinski definition) is 5. The van der Waals surface area contributed by atoms with Gasteiger partial charge in [0.1, 0.15) is 22.1 Å². The van der Waals surface area contributed by atoms with Crippen molar-refractivity contribution in [3.05, 3.63) is 22.6 Å². The number of halogens is 1. The van der Waals surface area contributed by atoms with Crippen molar-refractivity contribution >= 4 is 49.2 Å². The smallest absolute Gasteiger partial charge is 0.150 e. The van der Waals surface area contributed by atoms with E-state index < -0.39 is 0 Å². The van der Waals surface area contributed by atoms with Crippen molar-refractivity contribution < 1.29 is 0 Å². The van der Waals surface area contributed by atoms with Crippen LogP contribution in [-0.4, -0.2) is 28.0 Å². The van der Waals surface area contributed by atoms with Crippen LogP contribution in [0.3, 0.4) is 0 Å². The molecule has 0 bridgehead atoms. The lowest BCUT2D eigenvalue weighted by Crippen LogP contribution is -2.31. The van der Waals surface area contributed by atoms with Crippen LogP contribution in [0.1, 0.15) is 43.2 Å². The molecule has 6 heteroatoms. The topological polar surface area (TPSA) is 41.9 Å². The molecule has 0 radical (unpaired) electrons.